The maximum absolute atomic E-state index is 11.9. The van der Waals surface area contributed by atoms with Gasteiger partial charge in [-0.1, -0.05) is 6.07 Å². The number of benzene rings is 1. The molecule has 1 rings (SSSR count). The molecule has 0 fully saturated rings. The molecule has 0 spiro atoms. The molecule has 0 aliphatic heterocycles. The van der Waals surface area contributed by atoms with Gasteiger partial charge in [0.25, 0.3) is 0 Å². The van der Waals surface area contributed by atoms with Gasteiger partial charge in [0, 0.05) is 13.1 Å². The molecule has 2 amide bonds. The average Bonchev–Trinajstić information content (AvgIpc) is 2.52. The molecule has 0 atom stereocenters. The second-order valence-electron chi connectivity index (χ2n) is 5.30. The third kappa shape index (κ3) is 7.01. The summed E-state index contributed by atoms with van der Waals surface area (Å²) in [5.41, 5.74) is 0.785. The van der Waals surface area contributed by atoms with Crippen LogP contribution in [0, 0.1) is 0 Å². The lowest BCUT2D eigenvalue weighted by Gasteiger charge is -2.11. The lowest BCUT2D eigenvalue weighted by molar-refractivity contribution is -0.125. The van der Waals surface area contributed by atoms with Gasteiger partial charge in [0.15, 0.2) is 11.5 Å². The highest BCUT2D eigenvalue weighted by atomic mass is 16.5. The van der Waals surface area contributed by atoms with E-state index in [0.29, 0.717) is 18.0 Å². The number of likely N-dealkylation sites (N-methyl/N-ethyl adjacent to an activating group) is 1. The summed E-state index contributed by atoms with van der Waals surface area (Å²) in [6.07, 6.45) is 0.172. The van der Waals surface area contributed by atoms with E-state index in [1.807, 2.05) is 19.0 Å². The predicted octanol–water partition coefficient (Wildman–Crippen LogP) is 0.0403. The van der Waals surface area contributed by atoms with E-state index in [-0.39, 0.29) is 24.8 Å². The topological polar surface area (TPSA) is 79.9 Å². The second kappa shape index (κ2) is 9.68. The van der Waals surface area contributed by atoms with Gasteiger partial charge in [0.2, 0.25) is 11.8 Å². The van der Waals surface area contributed by atoms with Crippen molar-refractivity contribution in [3.05, 3.63) is 23.8 Å². The SMILES string of the molecule is COc1ccc(CC(=O)NCC(=O)NCCN(C)C)cc1OC. The summed E-state index contributed by atoms with van der Waals surface area (Å²) in [6.45, 7) is 1.28. The first-order valence-electron chi connectivity index (χ1n) is 7.35. The normalized spacial score (nSPS) is 10.3. The summed E-state index contributed by atoms with van der Waals surface area (Å²) in [5, 5.41) is 5.33. The molecule has 0 aliphatic rings. The highest BCUT2D eigenvalue weighted by Crippen LogP contribution is 2.27. The number of methoxy groups -OCH3 is 2. The van der Waals surface area contributed by atoms with Crippen LogP contribution in [-0.4, -0.2) is 64.7 Å². The lowest BCUT2D eigenvalue weighted by atomic mass is 10.1. The van der Waals surface area contributed by atoms with E-state index in [4.69, 9.17) is 9.47 Å². The molecule has 1 aromatic rings. The Labute approximate surface area is 136 Å². The molecule has 1 aromatic carbocycles. The van der Waals surface area contributed by atoms with Crippen molar-refractivity contribution in [2.45, 2.75) is 6.42 Å². The van der Waals surface area contributed by atoms with Gasteiger partial charge in [-0.2, -0.15) is 0 Å². The minimum Gasteiger partial charge on any atom is -0.493 e. The first kappa shape index (κ1) is 18.8. The first-order chi connectivity index (χ1) is 11.0. The number of carbonyl (C=O) groups is 2. The fourth-order valence-corrected chi connectivity index (χ4v) is 1.90. The molecule has 0 aromatic heterocycles. The number of nitrogens with zero attached hydrogens (tertiary/aromatic N) is 1. The number of hydrogen-bond donors (Lipinski definition) is 2. The average molecular weight is 323 g/mol. The predicted molar refractivity (Wildman–Crippen MR) is 87.8 cm³/mol. The summed E-state index contributed by atoms with van der Waals surface area (Å²) in [6, 6.07) is 5.28. The Morgan fingerprint density at radius 2 is 1.74 bits per heavy atom. The van der Waals surface area contributed by atoms with E-state index >= 15 is 0 Å². The molecular formula is C16H25N3O4. The molecule has 7 nitrogen and oxygen atoms in total. The molecule has 0 aliphatic carbocycles. The van der Waals surface area contributed by atoms with E-state index in [1.165, 1.54) is 0 Å². The largest absolute Gasteiger partial charge is 0.493 e. The molecule has 128 valence electrons. The van der Waals surface area contributed by atoms with Gasteiger partial charge in [0.1, 0.15) is 0 Å². The highest BCUT2D eigenvalue weighted by molar-refractivity contribution is 5.85. The fourth-order valence-electron chi connectivity index (χ4n) is 1.90. The van der Waals surface area contributed by atoms with Crippen molar-refractivity contribution in [1.29, 1.82) is 0 Å². The maximum atomic E-state index is 11.9. The molecule has 0 bridgehead atoms. The monoisotopic (exact) mass is 323 g/mol. The molecule has 0 saturated carbocycles. The number of carbonyl (C=O) groups excluding carboxylic acids is 2. The summed E-state index contributed by atoms with van der Waals surface area (Å²) in [5.74, 6) is 0.753. The van der Waals surface area contributed by atoms with Gasteiger partial charge in [-0.05, 0) is 31.8 Å². The number of ether oxygens (including phenoxy) is 2. The Morgan fingerprint density at radius 3 is 2.35 bits per heavy atom. The number of rotatable bonds is 9. The quantitative estimate of drug-likeness (QED) is 0.671. The molecule has 2 N–H and O–H groups in total. The van der Waals surface area contributed by atoms with Crippen molar-refractivity contribution in [2.75, 3.05) is 47.9 Å². The maximum Gasteiger partial charge on any atom is 0.239 e. The summed E-state index contributed by atoms with van der Waals surface area (Å²) in [7, 11) is 6.95. The minimum absolute atomic E-state index is 0.0282. The van der Waals surface area contributed by atoms with Crippen LogP contribution in [0.4, 0.5) is 0 Å². The van der Waals surface area contributed by atoms with Gasteiger partial charge < -0.3 is 25.0 Å². The number of nitrogens with one attached hydrogen (secondary N) is 2. The van der Waals surface area contributed by atoms with E-state index < -0.39 is 0 Å². The summed E-state index contributed by atoms with van der Waals surface area (Å²) in [4.78, 5) is 25.4. The van der Waals surface area contributed by atoms with Gasteiger partial charge in [-0.3, -0.25) is 9.59 Å². The standard InChI is InChI=1S/C16H25N3O4/c1-19(2)8-7-17-16(21)11-18-15(20)10-12-5-6-13(22-3)14(9-12)23-4/h5-6,9H,7-8,10-11H2,1-4H3,(H,17,21)(H,18,20). The van der Waals surface area contributed by atoms with E-state index in [9.17, 15) is 9.59 Å². The van der Waals surface area contributed by atoms with Crippen molar-refractivity contribution in [1.82, 2.24) is 15.5 Å². The molecule has 0 unspecified atom stereocenters. The van der Waals surface area contributed by atoms with Crippen LogP contribution < -0.4 is 20.1 Å². The lowest BCUT2D eigenvalue weighted by Crippen LogP contribution is -2.39. The van der Waals surface area contributed by atoms with Gasteiger partial charge in [0.05, 0.1) is 27.2 Å². The second-order valence-corrected chi connectivity index (χ2v) is 5.30. The minimum atomic E-state index is -0.222. The van der Waals surface area contributed by atoms with Crippen molar-refractivity contribution < 1.29 is 19.1 Å². The molecule has 7 heteroatoms. The third-order valence-corrected chi connectivity index (χ3v) is 3.14. The van der Waals surface area contributed by atoms with E-state index in [2.05, 4.69) is 10.6 Å². The van der Waals surface area contributed by atoms with Crippen LogP contribution in [0.3, 0.4) is 0 Å². The van der Waals surface area contributed by atoms with Crippen LogP contribution in [0.5, 0.6) is 11.5 Å². The van der Waals surface area contributed by atoms with Crippen LogP contribution >= 0.6 is 0 Å². The van der Waals surface area contributed by atoms with Crippen LogP contribution in [0.25, 0.3) is 0 Å². The Hall–Kier alpha value is -2.28. The fraction of sp³-hybridized carbons (Fsp3) is 0.500. The van der Waals surface area contributed by atoms with Crippen LogP contribution in [0.2, 0.25) is 0 Å². The zero-order chi connectivity index (χ0) is 17.2. The molecular weight excluding hydrogens is 298 g/mol. The molecule has 23 heavy (non-hydrogen) atoms. The van der Waals surface area contributed by atoms with Crippen molar-refractivity contribution in [3.8, 4) is 11.5 Å². The summed E-state index contributed by atoms with van der Waals surface area (Å²) >= 11 is 0. The molecule has 0 radical (unpaired) electrons. The zero-order valence-corrected chi connectivity index (χ0v) is 14.1. The Morgan fingerprint density at radius 1 is 1.04 bits per heavy atom. The Bertz CT molecular complexity index is 532. The zero-order valence-electron chi connectivity index (χ0n) is 14.1. The Kier molecular flexibility index (Phi) is 7.90. The third-order valence-electron chi connectivity index (χ3n) is 3.14. The smallest absolute Gasteiger partial charge is 0.239 e. The van der Waals surface area contributed by atoms with E-state index in [1.54, 1.807) is 32.4 Å². The first-order valence-corrected chi connectivity index (χ1v) is 7.35. The van der Waals surface area contributed by atoms with Crippen LogP contribution in [-0.2, 0) is 16.0 Å². The van der Waals surface area contributed by atoms with Gasteiger partial charge in [-0.25, -0.2) is 0 Å². The molecule has 0 saturated heterocycles. The van der Waals surface area contributed by atoms with Crippen LogP contribution in [0.15, 0.2) is 18.2 Å². The van der Waals surface area contributed by atoms with Crippen molar-refractivity contribution >= 4 is 11.8 Å². The van der Waals surface area contributed by atoms with Gasteiger partial charge in [-0.15, -0.1) is 0 Å². The number of hydrogen-bond acceptors (Lipinski definition) is 5. The highest BCUT2D eigenvalue weighted by Gasteiger charge is 2.09. The van der Waals surface area contributed by atoms with Gasteiger partial charge >= 0.3 is 0 Å². The van der Waals surface area contributed by atoms with Crippen molar-refractivity contribution in [2.24, 2.45) is 0 Å². The Balaban J connectivity index is 2.40. The van der Waals surface area contributed by atoms with Crippen molar-refractivity contribution in [3.63, 3.8) is 0 Å². The van der Waals surface area contributed by atoms with E-state index in [0.717, 1.165) is 12.1 Å². The van der Waals surface area contributed by atoms with Crippen LogP contribution in [0.1, 0.15) is 5.56 Å². The number of amides is 2. The summed E-state index contributed by atoms with van der Waals surface area (Å²) < 4.78 is 10.3. The molecule has 0 heterocycles.